The molecular formula is C13H12O4. The maximum absolute atomic E-state index is 11.2. The molecule has 0 radical (unpaired) electrons. The van der Waals surface area contributed by atoms with Gasteiger partial charge in [-0.1, -0.05) is 24.3 Å². The van der Waals surface area contributed by atoms with Gasteiger partial charge >= 0.3 is 11.9 Å². The van der Waals surface area contributed by atoms with E-state index in [1.807, 2.05) is 0 Å². The molecule has 0 saturated heterocycles. The van der Waals surface area contributed by atoms with Crippen molar-refractivity contribution in [2.75, 3.05) is 0 Å². The van der Waals surface area contributed by atoms with Gasteiger partial charge < -0.3 is 10.2 Å². The minimum absolute atomic E-state index is 0.611. The third-order valence-electron chi connectivity index (χ3n) is 3.04. The van der Waals surface area contributed by atoms with Gasteiger partial charge in [0.25, 0.3) is 0 Å². The lowest BCUT2D eigenvalue weighted by Gasteiger charge is -2.13. The first kappa shape index (κ1) is 11.4. The zero-order valence-electron chi connectivity index (χ0n) is 9.09. The molecule has 1 aromatic carbocycles. The summed E-state index contributed by atoms with van der Waals surface area (Å²) in [7, 11) is 0. The summed E-state index contributed by atoms with van der Waals surface area (Å²) in [4.78, 5) is 21.7. The summed E-state index contributed by atoms with van der Waals surface area (Å²) in [5.41, 5.74) is 0.555. The van der Waals surface area contributed by atoms with Crippen LogP contribution < -0.4 is 0 Å². The Morgan fingerprint density at radius 1 is 1.18 bits per heavy atom. The third kappa shape index (κ3) is 2.06. The molecule has 1 fully saturated rings. The molecule has 2 N–H and O–H groups in total. The molecule has 88 valence electrons. The van der Waals surface area contributed by atoms with Crippen LogP contribution in [0, 0.1) is 0 Å². The molecule has 0 unspecified atom stereocenters. The lowest BCUT2D eigenvalue weighted by atomic mass is 9.91. The van der Waals surface area contributed by atoms with Gasteiger partial charge in [-0.3, -0.25) is 4.79 Å². The first-order valence-electron chi connectivity index (χ1n) is 5.30. The number of carbonyl (C=O) groups is 2. The molecule has 0 aromatic heterocycles. The van der Waals surface area contributed by atoms with Crippen molar-refractivity contribution in [3.63, 3.8) is 0 Å². The van der Waals surface area contributed by atoms with Crippen LogP contribution >= 0.6 is 0 Å². The molecule has 0 spiro atoms. The van der Waals surface area contributed by atoms with E-state index in [1.165, 1.54) is 6.08 Å². The van der Waals surface area contributed by atoms with Crippen molar-refractivity contribution in [3.8, 4) is 0 Å². The van der Waals surface area contributed by atoms with Crippen molar-refractivity contribution in [1.82, 2.24) is 0 Å². The van der Waals surface area contributed by atoms with Gasteiger partial charge in [0.2, 0.25) is 0 Å². The van der Waals surface area contributed by atoms with Crippen LogP contribution in [0.15, 0.2) is 30.3 Å². The SMILES string of the molecule is O=C(O)C=Cc1ccccc1C1(C(=O)O)CC1. The predicted octanol–water partition coefficient (Wildman–Crippen LogP) is 1.90. The molecule has 1 saturated carbocycles. The molecule has 2 rings (SSSR count). The Balaban J connectivity index is 2.42. The van der Waals surface area contributed by atoms with Crippen molar-refractivity contribution >= 4 is 18.0 Å². The Morgan fingerprint density at radius 2 is 1.82 bits per heavy atom. The number of hydrogen-bond donors (Lipinski definition) is 2. The molecule has 1 aromatic rings. The van der Waals surface area contributed by atoms with E-state index in [2.05, 4.69) is 0 Å². The fourth-order valence-corrected chi connectivity index (χ4v) is 1.96. The average Bonchev–Trinajstić information content (AvgIpc) is 3.08. The molecule has 17 heavy (non-hydrogen) atoms. The summed E-state index contributed by atoms with van der Waals surface area (Å²) in [6.07, 6.45) is 3.69. The highest BCUT2D eigenvalue weighted by Gasteiger charge is 2.52. The number of benzene rings is 1. The van der Waals surface area contributed by atoms with Gasteiger partial charge in [0.15, 0.2) is 0 Å². The maximum atomic E-state index is 11.2. The Morgan fingerprint density at radius 3 is 2.35 bits per heavy atom. The average molecular weight is 232 g/mol. The summed E-state index contributed by atoms with van der Waals surface area (Å²) in [5, 5.41) is 17.8. The highest BCUT2D eigenvalue weighted by Crippen LogP contribution is 2.49. The number of hydrogen-bond acceptors (Lipinski definition) is 2. The quantitative estimate of drug-likeness (QED) is 0.777. The Labute approximate surface area is 98.2 Å². The summed E-state index contributed by atoms with van der Waals surface area (Å²) in [6, 6.07) is 7.03. The molecule has 0 atom stereocenters. The van der Waals surface area contributed by atoms with Crippen molar-refractivity contribution in [3.05, 3.63) is 41.5 Å². The van der Waals surface area contributed by atoms with Gasteiger partial charge in [-0.15, -0.1) is 0 Å². The second kappa shape index (κ2) is 4.05. The lowest BCUT2D eigenvalue weighted by Crippen LogP contribution is -2.20. The fourth-order valence-electron chi connectivity index (χ4n) is 1.96. The second-order valence-corrected chi connectivity index (χ2v) is 4.15. The summed E-state index contributed by atoms with van der Waals surface area (Å²) >= 11 is 0. The van der Waals surface area contributed by atoms with Crippen molar-refractivity contribution in [2.45, 2.75) is 18.3 Å². The highest BCUT2D eigenvalue weighted by atomic mass is 16.4. The first-order chi connectivity index (χ1) is 8.06. The van der Waals surface area contributed by atoms with Gasteiger partial charge in [0, 0.05) is 6.08 Å². The van der Waals surface area contributed by atoms with E-state index in [0.717, 1.165) is 6.08 Å². The largest absolute Gasteiger partial charge is 0.481 e. The molecule has 4 nitrogen and oxygen atoms in total. The number of rotatable bonds is 4. The van der Waals surface area contributed by atoms with Crippen LogP contribution in [0.3, 0.4) is 0 Å². The van der Waals surface area contributed by atoms with Gasteiger partial charge in [-0.2, -0.15) is 0 Å². The van der Waals surface area contributed by atoms with E-state index < -0.39 is 17.4 Å². The fraction of sp³-hybridized carbons (Fsp3) is 0.231. The van der Waals surface area contributed by atoms with Crippen LogP contribution in [0.4, 0.5) is 0 Å². The van der Waals surface area contributed by atoms with E-state index >= 15 is 0 Å². The standard InChI is InChI=1S/C13H12O4/c14-11(15)6-5-9-3-1-2-4-10(9)13(7-8-13)12(16)17/h1-6H,7-8H2,(H,14,15)(H,16,17). The monoisotopic (exact) mass is 232 g/mol. The molecule has 0 bridgehead atoms. The topological polar surface area (TPSA) is 74.6 Å². The lowest BCUT2D eigenvalue weighted by molar-refractivity contribution is -0.140. The van der Waals surface area contributed by atoms with Gasteiger partial charge in [0.05, 0.1) is 5.41 Å². The first-order valence-corrected chi connectivity index (χ1v) is 5.30. The zero-order valence-corrected chi connectivity index (χ0v) is 9.09. The highest BCUT2D eigenvalue weighted by molar-refractivity contribution is 5.89. The maximum Gasteiger partial charge on any atom is 0.328 e. The van der Waals surface area contributed by atoms with Gasteiger partial charge in [0.1, 0.15) is 0 Å². The molecular weight excluding hydrogens is 220 g/mol. The van der Waals surface area contributed by atoms with Crippen LogP contribution in [-0.4, -0.2) is 22.2 Å². The Kier molecular flexibility index (Phi) is 2.71. The van der Waals surface area contributed by atoms with Crippen molar-refractivity contribution in [1.29, 1.82) is 0 Å². The predicted molar refractivity (Wildman–Crippen MR) is 61.7 cm³/mol. The summed E-state index contributed by atoms with van der Waals surface area (Å²) in [5.74, 6) is -1.88. The van der Waals surface area contributed by atoms with Crippen molar-refractivity contribution in [2.24, 2.45) is 0 Å². The van der Waals surface area contributed by atoms with Gasteiger partial charge in [-0.05, 0) is 30.0 Å². The molecule has 0 heterocycles. The second-order valence-electron chi connectivity index (χ2n) is 4.15. The minimum Gasteiger partial charge on any atom is -0.481 e. The smallest absolute Gasteiger partial charge is 0.328 e. The molecule has 4 heteroatoms. The number of carboxylic acid groups (broad SMARTS) is 2. The van der Waals surface area contributed by atoms with Crippen LogP contribution in [0.2, 0.25) is 0 Å². The molecule has 0 amide bonds. The number of carboxylic acids is 2. The minimum atomic E-state index is -1.04. The van der Waals surface area contributed by atoms with E-state index in [4.69, 9.17) is 5.11 Å². The Bertz CT molecular complexity index is 498. The normalized spacial score (nSPS) is 16.9. The van der Waals surface area contributed by atoms with Crippen LogP contribution in [-0.2, 0) is 15.0 Å². The van der Waals surface area contributed by atoms with Crippen LogP contribution in [0.1, 0.15) is 24.0 Å². The van der Waals surface area contributed by atoms with Gasteiger partial charge in [-0.25, -0.2) is 4.79 Å². The van der Waals surface area contributed by atoms with E-state index in [-0.39, 0.29) is 0 Å². The number of aliphatic carboxylic acids is 2. The Hall–Kier alpha value is -2.10. The van der Waals surface area contributed by atoms with Crippen LogP contribution in [0.25, 0.3) is 6.08 Å². The zero-order chi connectivity index (χ0) is 12.5. The van der Waals surface area contributed by atoms with Crippen molar-refractivity contribution < 1.29 is 19.8 Å². The molecule has 0 aliphatic heterocycles. The third-order valence-corrected chi connectivity index (χ3v) is 3.04. The molecule has 1 aliphatic rings. The van der Waals surface area contributed by atoms with E-state index in [9.17, 15) is 14.7 Å². The summed E-state index contributed by atoms with van der Waals surface area (Å²) in [6.45, 7) is 0. The van der Waals surface area contributed by atoms with Crippen LogP contribution in [0.5, 0.6) is 0 Å². The molecule has 1 aliphatic carbocycles. The summed E-state index contributed by atoms with van der Waals surface area (Å²) < 4.78 is 0. The van der Waals surface area contributed by atoms with E-state index in [0.29, 0.717) is 24.0 Å². The van der Waals surface area contributed by atoms with E-state index in [1.54, 1.807) is 24.3 Å².